The number of nitrogens with zero attached hydrogens (tertiary/aromatic N) is 1. The van der Waals surface area contributed by atoms with E-state index in [1.165, 1.54) is 6.08 Å². The van der Waals surface area contributed by atoms with Gasteiger partial charge in [0, 0.05) is 13.1 Å². The molecule has 0 saturated carbocycles. The summed E-state index contributed by atoms with van der Waals surface area (Å²) in [4.78, 5) is 33.0. The molecule has 0 rings (SSSR count). The Labute approximate surface area is 100 Å². The van der Waals surface area contributed by atoms with E-state index in [1.807, 2.05) is 0 Å². The molecule has 0 amide bonds. The van der Waals surface area contributed by atoms with E-state index in [-0.39, 0.29) is 12.2 Å². The minimum absolute atomic E-state index is 0.0627. The normalized spacial score (nSPS) is 9.47. The standard InChI is InChI=1S/C12H15NO4/c1-3-12(16)17-8-7-13(2)6-4-5-11(9-14)10-15/h3-6,9-10H,1,7-8H2,2H3/b6-4+. The Balaban J connectivity index is 3.96. The number of hydrogen-bond acceptors (Lipinski definition) is 5. The number of esters is 1. The largest absolute Gasteiger partial charge is 0.461 e. The van der Waals surface area contributed by atoms with Gasteiger partial charge in [-0.15, -0.1) is 0 Å². The van der Waals surface area contributed by atoms with E-state index in [1.54, 1.807) is 24.2 Å². The lowest BCUT2D eigenvalue weighted by Gasteiger charge is -2.12. The zero-order valence-corrected chi connectivity index (χ0v) is 9.67. The van der Waals surface area contributed by atoms with Gasteiger partial charge in [0.15, 0.2) is 12.6 Å². The van der Waals surface area contributed by atoms with Crippen LogP contribution in [0.2, 0.25) is 0 Å². The molecule has 0 aromatic heterocycles. The number of likely N-dealkylation sites (N-methyl/N-ethyl adjacent to an activating group) is 1. The molecule has 0 unspecified atom stereocenters. The van der Waals surface area contributed by atoms with Crippen molar-refractivity contribution in [3.63, 3.8) is 0 Å². The Hall–Kier alpha value is -2.17. The first kappa shape index (κ1) is 14.8. The topological polar surface area (TPSA) is 63.7 Å². The third kappa shape index (κ3) is 7.72. The Morgan fingerprint density at radius 3 is 2.53 bits per heavy atom. The van der Waals surface area contributed by atoms with Crippen molar-refractivity contribution in [2.24, 2.45) is 0 Å². The van der Waals surface area contributed by atoms with Crippen molar-refractivity contribution in [1.29, 1.82) is 0 Å². The molecule has 0 aliphatic heterocycles. The molecule has 0 N–H and O–H groups in total. The molecule has 0 bridgehead atoms. The molecule has 0 radical (unpaired) electrons. The summed E-state index contributed by atoms with van der Waals surface area (Å²) in [6, 6.07) is 0. The molecular formula is C12H15NO4. The van der Waals surface area contributed by atoms with Crippen LogP contribution in [0.4, 0.5) is 0 Å². The van der Waals surface area contributed by atoms with Gasteiger partial charge in [0.2, 0.25) is 0 Å². The number of aldehydes is 2. The fraction of sp³-hybridized carbons (Fsp3) is 0.250. The van der Waals surface area contributed by atoms with Gasteiger partial charge in [-0.05, 0) is 18.4 Å². The maximum Gasteiger partial charge on any atom is 0.330 e. The summed E-state index contributed by atoms with van der Waals surface area (Å²) in [5.74, 6) is -0.466. The highest BCUT2D eigenvalue weighted by atomic mass is 16.5. The van der Waals surface area contributed by atoms with E-state index in [9.17, 15) is 14.4 Å². The molecule has 0 spiro atoms. The van der Waals surface area contributed by atoms with E-state index in [0.29, 0.717) is 19.1 Å². The lowest BCUT2D eigenvalue weighted by atomic mass is 10.3. The zero-order chi connectivity index (χ0) is 13.1. The summed E-state index contributed by atoms with van der Waals surface area (Å²) in [6.45, 7) is 4.01. The lowest BCUT2D eigenvalue weighted by Crippen LogP contribution is -2.18. The molecule has 0 heterocycles. The van der Waals surface area contributed by atoms with Crippen molar-refractivity contribution in [3.05, 3.63) is 36.6 Å². The number of ether oxygens (including phenoxy) is 1. The number of hydrogen-bond donors (Lipinski definition) is 0. The number of allylic oxidation sites excluding steroid dienone is 3. The fourth-order valence-corrected chi connectivity index (χ4v) is 0.831. The van der Waals surface area contributed by atoms with E-state index < -0.39 is 5.97 Å². The highest BCUT2D eigenvalue weighted by Gasteiger charge is 1.96. The second-order valence-electron chi connectivity index (χ2n) is 3.10. The first-order valence-corrected chi connectivity index (χ1v) is 4.92. The molecule has 0 saturated heterocycles. The molecule has 0 atom stereocenters. The van der Waals surface area contributed by atoms with Gasteiger partial charge in [-0.2, -0.15) is 0 Å². The van der Waals surface area contributed by atoms with Gasteiger partial charge < -0.3 is 9.64 Å². The quantitative estimate of drug-likeness (QED) is 0.153. The van der Waals surface area contributed by atoms with Crippen LogP contribution in [-0.2, 0) is 19.1 Å². The Kier molecular flexibility index (Phi) is 7.93. The van der Waals surface area contributed by atoms with E-state index >= 15 is 0 Å². The fourth-order valence-electron chi connectivity index (χ4n) is 0.831. The monoisotopic (exact) mass is 237 g/mol. The molecule has 0 aliphatic rings. The molecule has 0 aromatic carbocycles. The SMILES string of the molecule is C=CC(=O)OCCN(C)/C=C/C=C(C=O)C=O. The van der Waals surface area contributed by atoms with Crippen LogP contribution < -0.4 is 0 Å². The van der Waals surface area contributed by atoms with E-state index in [4.69, 9.17) is 4.74 Å². The Morgan fingerprint density at radius 2 is 2.00 bits per heavy atom. The predicted molar refractivity (Wildman–Crippen MR) is 63.1 cm³/mol. The van der Waals surface area contributed by atoms with Gasteiger partial charge >= 0.3 is 5.97 Å². The molecule has 92 valence electrons. The van der Waals surface area contributed by atoms with Gasteiger partial charge in [-0.3, -0.25) is 9.59 Å². The highest BCUT2D eigenvalue weighted by Crippen LogP contribution is 1.90. The summed E-state index contributed by atoms with van der Waals surface area (Å²) < 4.78 is 4.77. The first-order chi connectivity index (χ1) is 8.13. The van der Waals surface area contributed by atoms with Gasteiger partial charge in [0.25, 0.3) is 0 Å². The molecular weight excluding hydrogens is 222 g/mol. The summed E-state index contributed by atoms with van der Waals surface area (Å²) in [6.07, 6.45) is 6.67. The summed E-state index contributed by atoms with van der Waals surface area (Å²) in [5.41, 5.74) is 0.0627. The van der Waals surface area contributed by atoms with Gasteiger partial charge in [-0.1, -0.05) is 6.58 Å². The van der Waals surface area contributed by atoms with Crippen molar-refractivity contribution < 1.29 is 19.1 Å². The van der Waals surface area contributed by atoms with Crippen LogP contribution in [0, 0.1) is 0 Å². The minimum Gasteiger partial charge on any atom is -0.461 e. The van der Waals surface area contributed by atoms with Crippen LogP contribution in [0.15, 0.2) is 36.6 Å². The maximum absolute atomic E-state index is 10.7. The second kappa shape index (κ2) is 9.08. The number of rotatable bonds is 8. The predicted octanol–water partition coefficient (Wildman–Crippen LogP) is 0.485. The third-order valence-electron chi connectivity index (χ3n) is 1.76. The van der Waals surface area contributed by atoms with Crippen LogP contribution in [0.25, 0.3) is 0 Å². The van der Waals surface area contributed by atoms with Gasteiger partial charge in [0.05, 0.1) is 12.1 Å². The van der Waals surface area contributed by atoms with Crippen molar-refractivity contribution in [2.75, 3.05) is 20.2 Å². The molecule has 17 heavy (non-hydrogen) atoms. The van der Waals surface area contributed by atoms with Gasteiger partial charge in [-0.25, -0.2) is 4.79 Å². The summed E-state index contributed by atoms with van der Waals surface area (Å²) >= 11 is 0. The Morgan fingerprint density at radius 1 is 1.35 bits per heavy atom. The Bertz CT molecular complexity index is 334. The molecule has 0 aliphatic carbocycles. The molecule has 5 heteroatoms. The van der Waals surface area contributed by atoms with Crippen LogP contribution >= 0.6 is 0 Å². The first-order valence-electron chi connectivity index (χ1n) is 4.92. The lowest BCUT2D eigenvalue weighted by molar-refractivity contribution is -0.137. The minimum atomic E-state index is -0.466. The van der Waals surface area contributed by atoms with E-state index in [2.05, 4.69) is 6.58 Å². The van der Waals surface area contributed by atoms with Gasteiger partial charge in [0.1, 0.15) is 6.61 Å². The number of carbonyl (C=O) groups excluding carboxylic acids is 3. The zero-order valence-electron chi connectivity index (χ0n) is 9.67. The third-order valence-corrected chi connectivity index (χ3v) is 1.76. The van der Waals surface area contributed by atoms with Crippen LogP contribution in [-0.4, -0.2) is 43.6 Å². The average Bonchev–Trinajstić information content (AvgIpc) is 2.34. The van der Waals surface area contributed by atoms with Crippen molar-refractivity contribution in [2.45, 2.75) is 0 Å². The maximum atomic E-state index is 10.7. The highest BCUT2D eigenvalue weighted by molar-refractivity contribution is 5.99. The van der Waals surface area contributed by atoms with Crippen molar-refractivity contribution in [1.82, 2.24) is 4.90 Å². The van der Waals surface area contributed by atoms with Crippen LogP contribution in [0.3, 0.4) is 0 Å². The van der Waals surface area contributed by atoms with E-state index in [0.717, 1.165) is 6.08 Å². The molecule has 0 fully saturated rings. The number of carbonyl (C=O) groups is 3. The smallest absolute Gasteiger partial charge is 0.330 e. The van der Waals surface area contributed by atoms with Crippen molar-refractivity contribution >= 4 is 18.5 Å². The average molecular weight is 237 g/mol. The summed E-state index contributed by atoms with van der Waals surface area (Å²) in [5, 5.41) is 0. The molecule has 5 nitrogen and oxygen atoms in total. The second-order valence-corrected chi connectivity index (χ2v) is 3.10. The van der Waals surface area contributed by atoms with Crippen LogP contribution in [0.1, 0.15) is 0 Å². The van der Waals surface area contributed by atoms with Crippen molar-refractivity contribution in [3.8, 4) is 0 Å². The van der Waals surface area contributed by atoms with Crippen LogP contribution in [0.5, 0.6) is 0 Å². The molecule has 0 aromatic rings. The summed E-state index contributed by atoms with van der Waals surface area (Å²) in [7, 11) is 1.77.